The molecule has 0 fully saturated rings. The standard InChI is InChI=1S/C14H13F3N2O2S/c15-14(16,17)11-10(12(21)18-7-4-8-20)22-13(19-11)9-5-2-1-3-6-9/h1-3,5-6,20H,4,7-8H2,(H,18,21). The molecule has 1 aromatic carbocycles. The Balaban J connectivity index is 2.35. The predicted octanol–water partition coefficient (Wildman–Crippen LogP) is 2.94. The van der Waals surface area contributed by atoms with Crippen LogP contribution in [-0.4, -0.2) is 29.1 Å². The molecule has 8 heteroatoms. The van der Waals surface area contributed by atoms with Gasteiger partial charge in [-0.2, -0.15) is 13.2 Å². The zero-order chi connectivity index (χ0) is 16.2. The van der Waals surface area contributed by atoms with Crippen molar-refractivity contribution in [3.8, 4) is 10.6 Å². The summed E-state index contributed by atoms with van der Waals surface area (Å²) < 4.78 is 39.2. The van der Waals surface area contributed by atoms with Crippen LogP contribution in [0.3, 0.4) is 0 Å². The first-order valence-corrected chi connectivity index (χ1v) is 7.27. The molecule has 2 rings (SSSR count). The molecule has 118 valence electrons. The van der Waals surface area contributed by atoms with E-state index < -0.39 is 22.7 Å². The number of hydrogen-bond acceptors (Lipinski definition) is 4. The number of alkyl halides is 3. The van der Waals surface area contributed by atoms with Crippen molar-refractivity contribution in [2.24, 2.45) is 0 Å². The van der Waals surface area contributed by atoms with Crippen molar-refractivity contribution in [1.82, 2.24) is 10.3 Å². The number of rotatable bonds is 5. The molecular weight excluding hydrogens is 317 g/mol. The minimum absolute atomic E-state index is 0.102. The Morgan fingerprint density at radius 2 is 1.95 bits per heavy atom. The Bertz CT molecular complexity index is 641. The summed E-state index contributed by atoms with van der Waals surface area (Å²) in [6.45, 7) is -0.0461. The number of carbonyl (C=O) groups excluding carboxylic acids is 1. The van der Waals surface area contributed by atoms with Gasteiger partial charge in [0.05, 0.1) is 0 Å². The summed E-state index contributed by atoms with van der Waals surface area (Å²) in [6.07, 6.45) is -4.43. The Labute approximate surface area is 128 Å². The van der Waals surface area contributed by atoms with Gasteiger partial charge in [-0.3, -0.25) is 4.79 Å². The summed E-state index contributed by atoms with van der Waals surface area (Å²) in [5, 5.41) is 11.1. The molecule has 0 aliphatic rings. The van der Waals surface area contributed by atoms with Crippen molar-refractivity contribution in [2.75, 3.05) is 13.2 Å². The van der Waals surface area contributed by atoms with Gasteiger partial charge in [-0.1, -0.05) is 30.3 Å². The maximum atomic E-state index is 13.1. The van der Waals surface area contributed by atoms with E-state index >= 15 is 0 Å². The van der Waals surface area contributed by atoms with E-state index in [0.717, 1.165) is 0 Å². The molecule has 0 atom stereocenters. The van der Waals surface area contributed by atoms with Gasteiger partial charge in [-0.25, -0.2) is 4.98 Å². The zero-order valence-corrected chi connectivity index (χ0v) is 12.2. The molecule has 0 unspecified atom stereocenters. The third-order valence-electron chi connectivity index (χ3n) is 2.74. The molecule has 0 saturated carbocycles. The Morgan fingerprint density at radius 1 is 1.27 bits per heavy atom. The highest BCUT2D eigenvalue weighted by atomic mass is 32.1. The largest absolute Gasteiger partial charge is 0.435 e. The van der Waals surface area contributed by atoms with E-state index in [-0.39, 0.29) is 24.6 Å². The lowest BCUT2D eigenvalue weighted by Crippen LogP contribution is -2.26. The molecule has 0 spiro atoms. The molecule has 0 saturated heterocycles. The monoisotopic (exact) mass is 330 g/mol. The van der Waals surface area contributed by atoms with E-state index in [9.17, 15) is 18.0 Å². The molecule has 0 aliphatic carbocycles. The van der Waals surface area contributed by atoms with Crippen LogP contribution < -0.4 is 5.32 Å². The number of nitrogens with one attached hydrogen (secondary N) is 1. The molecular formula is C14H13F3N2O2S. The number of aromatic nitrogens is 1. The second-order valence-corrected chi connectivity index (χ2v) is 5.39. The fraction of sp³-hybridized carbons (Fsp3) is 0.286. The summed E-state index contributed by atoms with van der Waals surface area (Å²) in [4.78, 5) is 15.0. The summed E-state index contributed by atoms with van der Waals surface area (Å²) in [6, 6.07) is 8.37. The molecule has 0 aliphatic heterocycles. The predicted molar refractivity (Wildman–Crippen MR) is 76.6 cm³/mol. The maximum absolute atomic E-state index is 13.1. The fourth-order valence-electron chi connectivity index (χ4n) is 1.73. The van der Waals surface area contributed by atoms with E-state index in [2.05, 4.69) is 10.3 Å². The third-order valence-corrected chi connectivity index (χ3v) is 3.85. The highest BCUT2D eigenvalue weighted by Crippen LogP contribution is 2.37. The number of amides is 1. The van der Waals surface area contributed by atoms with Crippen LogP contribution in [0.5, 0.6) is 0 Å². The molecule has 1 heterocycles. The van der Waals surface area contributed by atoms with E-state index in [1.54, 1.807) is 30.3 Å². The smallest absolute Gasteiger partial charge is 0.396 e. The number of halogens is 3. The van der Waals surface area contributed by atoms with Crippen LogP contribution >= 0.6 is 11.3 Å². The van der Waals surface area contributed by atoms with Gasteiger partial charge < -0.3 is 10.4 Å². The lowest BCUT2D eigenvalue weighted by atomic mass is 10.2. The third kappa shape index (κ3) is 3.83. The van der Waals surface area contributed by atoms with Crippen LogP contribution in [0.4, 0.5) is 13.2 Å². The van der Waals surface area contributed by atoms with E-state index in [1.165, 1.54) is 0 Å². The molecule has 4 nitrogen and oxygen atoms in total. The fourth-order valence-corrected chi connectivity index (χ4v) is 2.74. The maximum Gasteiger partial charge on any atom is 0.435 e. The van der Waals surface area contributed by atoms with Crippen molar-refractivity contribution >= 4 is 17.2 Å². The van der Waals surface area contributed by atoms with Crippen molar-refractivity contribution in [2.45, 2.75) is 12.6 Å². The van der Waals surface area contributed by atoms with Gasteiger partial charge in [0.2, 0.25) is 0 Å². The highest BCUT2D eigenvalue weighted by Gasteiger charge is 2.39. The minimum Gasteiger partial charge on any atom is -0.396 e. The van der Waals surface area contributed by atoms with Crippen LogP contribution in [-0.2, 0) is 6.18 Å². The average Bonchev–Trinajstić information content (AvgIpc) is 2.94. The van der Waals surface area contributed by atoms with Crippen molar-refractivity contribution in [3.63, 3.8) is 0 Å². The number of aliphatic hydroxyl groups excluding tert-OH is 1. The lowest BCUT2D eigenvalue weighted by Gasteiger charge is -2.06. The Morgan fingerprint density at radius 3 is 2.55 bits per heavy atom. The average molecular weight is 330 g/mol. The molecule has 1 amide bonds. The summed E-state index contributed by atoms with van der Waals surface area (Å²) in [5.41, 5.74) is -0.662. The number of nitrogens with zero attached hydrogens (tertiary/aromatic N) is 1. The van der Waals surface area contributed by atoms with Crippen molar-refractivity contribution < 1.29 is 23.1 Å². The minimum atomic E-state index is -4.70. The molecule has 2 aromatic rings. The highest BCUT2D eigenvalue weighted by molar-refractivity contribution is 7.17. The second-order valence-electron chi connectivity index (χ2n) is 4.39. The van der Waals surface area contributed by atoms with Crippen LogP contribution in [0, 0.1) is 0 Å². The molecule has 2 N–H and O–H groups in total. The Hall–Kier alpha value is -1.93. The van der Waals surface area contributed by atoms with Gasteiger partial charge in [0.25, 0.3) is 5.91 Å². The number of thiazole rings is 1. The van der Waals surface area contributed by atoms with Crippen molar-refractivity contribution in [1.29, 1.82) is 0 Å². The molecule has 1 aromatic heterocycles. The molecule has 0 radical (unpaired) electrons. The summed E-state index contributed by atoms with van der Waals surface area (Å²) in [5.74, 6) is -0.833. The van der Waals surface area contributed by atoms with E-state index in [0.29, 0.717) is 16.9 Å². The zero-order valence-electron chi connectivity index (χ0n) is 11.4. The van der Waals surface area contributed by atoms with Crippen LogP contribution in [0.1, 0.15) is 21.8 Å². The summed E-state index contributed by atoms with van der Waals surface area (Å²) in [7, 11) is 0. The second kappa shape index (κ2) is 6.89. The van der Waals surface area contributed by atoms with Gasteiger partial charge >= 0.3 is 6.18 Å². The number of benzene rings is 1. The summed E-state index contributed by atoms with van der Waals surface area (Å²) >= 11 is 0.700. The first kappa shape index (κ1) is 16.4. The van der Waals surface area contributed by atoms with E-state index in [1.807, 2.05) is 0 Å². The van der Waals surface area contributed by atoms with Gasteiger partial charge in [0.15, 0.2) is 5.69 Å². The normalized spacial score (nSPS) is 11.5. The molecule has 22 heavy (non-hydrogen) atoms. The topological polar surface area (TPSA) is 62.2 Å². The molecule has 0 bridgehead atoms. The Kier molecular flexibility index (Phi) is 5.15. The lowest BCUT2D eigenvalue weighted by molar-refractivity contribution is -0.141. The van der Waals surface area contributed by atoms with E-state index in [4.69, 9.17) is 5.11 Å². The van der Waals surface area contributed by atoms with Crippen LogP contribution in [0.15, 0.2) is 30.3 Å². The van der Waals surface area contributed by atoms with Gasteiger partial charge in [-0.05, 0) is 6.42 Å². The SMILES string of the molecule is O=C(NCCCO)c1sc(-c2ccccc2)nc1C(F)(F)F. The van der Waals surface area contributed by atoms with Crippen LogP contribution in [0.2, 0.25) is 0 Å². The van der Waals surface area contributed by atoms with Crippen molar-refractivity contribution in [3.05, 3.63) is 40.9 Å². The quantitative estimate of drug-likeness (QED) is 0.829. The number of carbonyl (C=O) groups is 1. The van der Waals surface area contributed by atoms with Gasteiger partial charge in [0, 0.05) is 18.7 Å². The van der Waals surface area contributed by atoms with Gasteiger partial charge in [0.1, 0.15) is 9.88 Å². The number of aliphatic hydroxyl groups is 1. The first-order valence-electron chi connectivity index (χ1n) is 6.46. The first-order chi connectivity index (χ1) is 10.4. The van der Waals surface area contributed by atoms with Crippen LogP contribution in [0.25, 0.3) is 10.6 Å². The number of hydrogen-bond donors (Lipinski definition) is 2. The van der Waals surface area contributed by atoms with Gasteiger partial charge in [-0.15, -0.1) is 11.3 Å².